The van der Waals surface area contributed by atoms with Crippen molar-refractivity contribution >= 4 is 29.1 Å². The van der Waals surface area contributed by atoms with Gasteiger partial charge < -0.3 is 30.4 Å². The first-order chi connectivity index (χ1) is 15.3. The minimum absolute atomic E-state index is 0.0430. The Balaban J connectivity index is 1.57. The van der Waals surface area contributed by atoms with E-state index >= 15 is 4.39 Å². The number of nitrogen functional groups attached to an aromatic ring is 1. The summed E-state index contributed by atoms with van der Waals surface area (Å²) in [4.78, 5) is 24.6. The van der Waals surface area contributed by atoms with Crippen molar-refractivity contribution in [2.45, 2.75) is 37.6 Å². The number of halogens is 1. The van der Waals surface area contributed by atoms with Crippen LogP contribution in [0.4, 0.5) is 21.0 Å². The first-order valence-electron chi connectivity index (χ1n) is 9.85. The van der Waals surface area contributed by atoms with E-state index in [9.17, 15) is 9.90 Å². The molecule has 4 rings (SSSR count). The molecule has 1 saturated heterocycles. The maximum absolute atomic E-state index is 16.0. The van der Waals surface area contributed by atoms with Crippen molar-refractivity contribution in [3.05, 3.63) is 42.2 Å². The molecule has 0 spiro atoms. The van der Waals surface area contributed by atoms with Gasteiger partial charge in [0.1, 0.15) is 12.7 Å². The fraction of sp³-hybridized carbons (Fsp3) is 0.400. The van der Waals surface area contributed by atoms with E-state index in [1.54, 1.807) is 31.3 Å². The number of anilines is 2. The van der Waals surface area contributed by atoms with Gasteiger partial charge >= 0.3 is 6.16 Å². The Morgan fingerprint density at radius 2 is 2.12 bits per heavy atom. The van der Waals surface area contributed by atoms with Crippen LogP contribution in [-0.2, 0) is 20.8 Å². The highest BCUT2D eigenvalue weighted by atomic mass is 19.1. The monoisotopic (exact) mass is 446 g/mol. The standard InChI is InChI=1S/C20H23FN6O5/c1-20(21)14(32-19(29)30-9-11-6-4-3-5-7-11)12(8-28)31-17(20)27-10-24-13-15(23-2)25-18(22)26-16(13)27/h3-7,10,12,14,17,28H,8-9H2,1-2H3,(H3,22,23,25,26)/t12-,14-,17-,20-/m1/s1. The predicted molar refractivity (Wildman–Crippen MR) is 111 cm³/mol. The lowest BCUT2D eigenvalue weighted by Crippen LogP contribution is -2.44. The molecule has 4 atom stereocenters. The van der Waals surface area contributed by atoms with E-state index in [0.29, 0.717) is 11.3 Å². The zero-order chi connectivity index (χ0) is 22.9. The number of aromatic nitrogens is 4. The number of carbonyl (C=O) groups excluding carboxylic acids is 1. The maximum atomic E-state index is 16.0. The number of carbonyl (C=O) groups is 1. The topological polar surface area (TPSA) is 147 Å². The average Bonchev–Trinajstić information content (AvgIpc) is 3.30. The Labute approximate surface area is 182 Å². The van der Waals surface area contributed by atoms with Crippen LogP contribution in [0, 0.1) is 0 Å². The second-order valence-electron chi connectivity index (χ2n) is 7.43. The number of nitrogens with two attached hydrogens (primary N) is 1. The van der Waals surface area contributed by atoms with Crippen molar-refractivity contribution in [2.24, 2.45) is 0 Å². The van der Waals surface area contributed by atoms with Gasteiger partial charge in [-0.15, -0.1) is 0 Å². The molecule has 3 heterocycles. The van der Waals surface area contributed by atoms with E-state index in [2.05, 4.69) is 20.3 Å². The van der Waals surface area contributed by atoms with E-state index in [-0.39, 0.29) is 18.2 Å². The number of aliphatic hydroxyl groups is 1. The SMILES string of the molecule is CNc1nc(N)nc2c1ncn2[C@@H]1O[C@H](CO)[C@@H](OC(=O)OCc2ccccc2)[C@@]1(C)F. The fourth-order valence-electron chi connectivity index (χ4n) is 3.67. The summed E-state index contributed by atoms with van der Waals surface area (Å²) in [6.07, 6.45) is -3.64. The molecule has 1 aliphatic rings. The van der Waals surface area contributed by atoms with Crippen molar-refractivity contribution in [1.29, 1.82) is 0 Å². The molecule has 1 fully saturated rings. The van der Waals surface area contributed by atoms with Gasteiger partial charge in [-0.2, -0.15) is 9.97 Å². The third-order valence-corrected chi connectivity index (χ3v) is 5.21. The molecule has 0 amide bonds. The van der Waals surface area contributed by atoms with Crippen molar-refractivity contribution in [3.8, 4) is 0 Å². The van der Waals surface area contributed by atoms with Crippen molar-refractivity contribution in [3.63, 3.8) is 0 Å². The summed E-state index contributed by atoms with van der Waals surface area (Å²) in [6.45, 7) is 0.578. The summed E-state index contributed by atoms with van der Waals surface area (Å²) in [5.74, 6) is 0.318. The minimum Gasteiger partial charge on any atom is -0.429 e. The lowest BCUT2D eigenvalue weighted by atomic mass is 9.98. The Morgan fingerprint density at radius 1 is 1.38 bits per heavy atom. The van der Waals surface area contributed by atoms with Gasteiger partial charge in [0.15, 0.2) is 35.0 Å². The Kier molecular flexibility index (Phi) is 5.80. The summed E-state index contributed by atoms with van der Waals surface area (Å²) in [5.41, 5.74) is 4.82. The highest BCUT2D eigenvalue weighted by molar-refractivity contribution is 5.84. The lowest BCUT2D eigenvalue weighted by Gasteiger charge is -2.27. The van der Waals surface area contributed by atoms with Crippen LogP contribution < -0.4 is 11.1 Å². The van der Waals surface area contributed by atoms with Crippen LogP contribution in [0.25, 0.3) is 11.2 Å². The third-order valence-electron chi connectivity index (χ3n) is 5.21. The van der Waals surface area contributed by atoms with Crippen LogP contribution in [0.15, 0.2) is 36.7 Å². The van der Waals surface area contributed by atoms with Crippen LogP contribution >= 0.6 is 0 Å². The molecule has 3 aromatic rings. The van der Waals surface area contributed by atoms with E-state index in [0.717, 1.165) is 5.56 Å². The molecule has 0 aliphatic carbocycles. The molecular weight excluding hydrogens is 423 g/mol. The zero-order valence-corrected chi connectivity index (χ0v) is 17.4. The Hall–Kier alpha value is -3.51. The number of imidazole rings is 1. The number of benzene rings is 1. The summed E-state index contributed by atoms with van der Waals surface area (Å²) in [7, 11) is 1.64. The number of rotatable bonds is 6. The molecule has 12 heteroatoms. The van der Waals surface area contributed by atoms with Crippen molar-refractivity contribution in [2.75, 3.05) is 24.7 Å². The highest BCUT2D eigenvalue weighted by Gasteiger charge is 2.58. The van der Waals surface area contributed by atoms with Gasteiger partial charge in [0.05, 0.1) is 12.9 Å². The smallest absolute Gasteiger partial charge is 0.429 e. The summed E-state index contributed by atoms with van der Waals surface area (Å²) in [6, 6.07) is 8.97. The summed E-state index contributed by atoms with van der Waals surface area (Å²) in [5, 5.41) is 12.6. The number of alkyl halides is 1. The minimum atomic E-state index is -2.26. The van der Waals surface area contributed by atoms with E-state index in [1.807, 2.05) is 6.07 Å². The Morgan fingerprint density at radius 3 is 2.81 bits per heavy atom. The number of nitrogens with zero attached hydrogens (tertiary/aromatic N) is 4. The Bertz CT molecular complexity index is 1110. The van der Waals surface area contributed by atoms with Crippen LogP contribution in [-0.4, -0.2) is 62.3 Å². The number of ether oxygens (including phenoxy) is 3. The molecule has 0 bridgehead atoms. The molecule has 32 heavy (non-hydrogen) atoms. The van der Waals surface area contributed by atoms with Crippen LogP contribution in [0.2, 0.25) is 0 Å². The molecule has 1 aromatic carbocycles. The molecule has 4 N–H and O–H groups in total. The third kappa shape index (κ3) is 3.89. The summed E-state index contributed by atoms with van der Waals surface area (Å²) < 4.78 is 33.3. The lowest BCUT2D eigenvalue weighted by molar-refractivity contribution is -0.0575. The van der Waals surface area contributed by atoms with Gasteiger partial charge in [-0.05, 0) is 12.5 Å². The number of nitrogens with one attached hydrogen (secondary N) is 1. The normalized spacial score (nSPS) is 25.1. The van der Waals surface area contributed by atoms with Crippen LogP contribution in [0.3, 0.4) is 0 Å². The first-order valence-corrected chi connectivity index (χ1v) is 9.85. The molecule has 0 saturated carbocycles. The molecule has 170 valence electrons. The fourth-order valence-corrected chi connectivity index (χ4v) is 3.67. The van der Waals surface area contributed by atoms with Crippen LogP contribution in [0.1, 0.15) is 18.7 Å². The van der Waals surface area contributed by atoms with E-state index in [1.165, 1.54) is 17.8 Å². The van der Waals surface area contributed by atoms with Gasteiger partial charge in [-0.25, -0.2) is 14.2 Å². The zero-order valence-electron chi connectivity index (χ0n) is 17.4. The van der Waals surface area contributed by atoms with Gasteiger partial charge in [0, 0.05) is 7.05 Å². The van der Waals surface area contributed by atoms with Gasteiger partial charge in [0.2, 0.25) is 5.95 Å². The predicted octanol–water partition coefficient (Wildman–Crippen LogP) is 1.79. The molecule has 2 aromatic heterocycles. The molecule has 1 aliphatic heterocycles. The quantitative estimate of drug-likeness (QED) is 0.479. The number of hydrogen-bond donors (Lipinski definition) is 3. The average molecular weight is 446 g/mol. The van der Waals surface area contributed by atoms with Crippen LogP contribution in [0.5, 0.6) is 0 Å². The second-order valence-corrected chi connectivity index (χ2v) is 7.43. The molecule has 11 nitrogen and oxygen atoms in total. The van der Waals surface area contributed by atoms with Crippen molar-refractivity contribution < 1.29 is 28.5 Å². The molecular formula is C20H23FN6O5. The number of aliphatic hydroxyl groups excluding tert-OH is 1. The highest BCUT2D eigenvalue weighted by Crippen LogP contribution is 2.44. The second kappa shape index (κ2) is 8.55. The number of hydrogen-bond acceptors (Lipinski definition) is 10. The number of fused-ring (bicyclic) bond motifs is 1. The van der Waals surface area contributed by atoms with E-state index < -0.39 is 36.9 Å². The van der Waals surface area contributed by atoms with Crippen molar-refractivity contribution in [1.82, 2.24) is 19.5 Å². The van der Waals surface area contributed by atoms with Gasteiger partial charge in [-0.1, -0.05) is 30.3 Å². The summed E-state index contributed by atoms with van der Waals surface area (Å²) >= 11 is 0. The van der Waals surface area contributed by atoms with Gasteiger partial charge in [0.25, 0.3) is 0 Å². The first kappa shape index (κ1) is 21.7. The van der Waals surface area contributed by atoms with E-state index in [4.69, 9.17) is 19.9 Å². The molecule has 0 unspecified atom stereocenters. The molecule has 0 radical (unpaired) electrons. The van der Waals surface area contributed by atoms with Gasteiger partial charge in [-0.3, -0.25) is 4.57 Å². The largest absolute Gasteiger partial charge is 0.509 e. The maximum Gasteiger partial charge on any atom is 0.509 e.